The number of benzene rings is 1. The summed E-state index contributed by atoms with van der Waals surface area (Å²) in [5, 5.41) is 22.3. The topological polar surface area (TPSA) is 52.5 Å². The summed E-state index contributed by atoms with van der Waals surface area (Å²) in [7, 11) is 0. The van der Waals surface area contributed by atoms with Crippen molar-refractivity contribution in [2.75, 3.05) is 13.1 Å². The number of rotatable bonds is 9. The molecule has 0 heterocycles. The highest BCUT2D eigenvalue weighted by molar-refractivity contribution is 5.27. The van der Waals surface area contributed by atoms with Gasteiger partial charge in [0.2, 0.25) is 0 Å². The van der Waals surface area contributed by atoms with Crippen molar-refractivity contribution in [1.29, 1.82) is 0 Å². The monoisotopic (exact) mass is 251 g/mol. The van der Waals surface area contributed by atoms with E-state index in [1.165, 1.54) is 32.1 Å². The molecule has 0 aliphatic heterocycles. The Labute approximate surface area is 110 Å². The first-order valence-electron chi connectivity index (χ1n) is 6.91. The molecule has 3 N–H and O–H groups in total. The van der Waals surface area contributed by atoms with E-state index in [0.29, 0.717) is 6.54 Å². The van der Waals surface area contributed by atoms with E-state index in [-0.39, 0.29) is 5.75 Å². The Morgan fingerprint density at radius 2 is 1.72 bits per heavy atom. The van der Waals surface area contributed by atoms with Gasteiger partial charge in [-0.2, -0.15) is 0 Å². The lowest BCUT2D eigenvalue weighted by atomic mass is 10.1. The summed E-state index contributed by atoms with van der Waals surface area (Å²) in [5.74, 6) is 0.231. The molecule has 0 aliphatic rings. The minimum absolute atomic E-state index is 0.231. The van der Waals surface area contributed by atoms with Gasteiger partial charge in [-0.25, -0.2) is 0 Å². The molecule has 1 atom stereocenters. The predicted octanol–water partition coefficient (Wildman–Crippen LogP) is 2.99. The molecule has 0 radical (unpaired) electrons. The van der Waals surface area contributed by atoms with Gasteiger partial charge in [0, 0.05) is 6.54 Å². The van der Waals surface area contributed by atoms with Gasteiger partial charge in [0.05, 0.1) is 6.10 Å². The number of phenolic OH excluding ortho intramolecular Hbond substituents is 1. The number of unbranched alkanes of at least 4 members (excludes halogenated alkanes) is 4. The van der Waals surface area contributed by atoms with Gasteiger partial charge >= 0.3 is 0 Å². The first kappa shape index (κ1) is 15.0. The normalized spacial score (nSPS) is 12.6. The van der Waals surface area contributed by atoms with Crippen LogP contribution in [0.5, 0.6) is 5.75 Å². The van der Waals surface area contributed by atoms with Crippen molar-refractivity contribution in [3.05, 3.63) is 29.8 Å². The number of nitrogens with one attached hydrogen (secondary N) is 1. The Kier molecular flexibility index (Phi) is 7.46. The first-order chi connectivity index (χ1) is 8.74. The zero-order valence-corrected chi connectivity index (χ0v) is 11.2. The molecule has 3 nitrogen and oxygen atoms in total. The van der Waals surface area contributed by atoms with Gasteiger partial charge < -0.3 is 15.5 Å². The van der Waals surface area contributed by atoms with Crippen LogP contribution in [-0.4, -0.2) is 23.3 Å². The molecule has 3 heteroatoms. The number of phenols is 1. The quantitative estimate of drug-likeness (QED) is 0.591. The van der Waals surface area contributed by atoms with Crippen LogP contribution in [0, 0.1) is 0 Å². The molecule has 1 aromatic carbocycles. The summed E-state index contributed by atoms with van der Waals surface area (Å²) in [6, 6.07) is 6.71. The standard InChI is InChI=1S/C15H25NO2/c1-2-3-4-5-6-11-16-12-15(18)13-7-9-14(17)10-8-13/h7-10,15-18H,2-6,11-12H2,1H3. The highest BCUT2D eigenvalue weighted by atomic mass is 16.3. The van der Waals surface area contributed by atoms with Gasteiger partial charge in [-0.15, -0.1) is 0 Å². The molecule has 0 aromatic heterocycles. The minimum Gasteiger partial charge on any atom is -0.508 e. The number of hydrogen-bond donors (Lipinski definition) is 3. The maximum absolute atomic E-state index is 9.91. The van der Waals surface area contributed by atoms with Crippen LogP contribution in [-0.2, 0) is 0 Å². The Hall–Kier alpha value is -1.06. The van der Waals surface area contributed by atoms with E-state index in [2.05, 4.69) is 12.2 Å². The van der Waals surface area contributed by atoms with Crippen LogP contribution in [0.4, 0.5) is 0 Å². The van der Waals surface area contributed by atoms with Crippen molar-refractivity contribution < 1.29 is 10.2 Å². The molecule has 102 valence electrons. The van der Waals surface area contributed by atoms with Crippen molar-refractivity contribution in [1.82, 2.24) is 5.32 Å². The second-order valence-corrected chi connectivity index (χ2v) is 4.73. The zero-order valence-electron chi connectivity index (χ0n) is 11.2. The lowest BCUT2D eigenvalue weighted by Crippen LogP contribution is -2.22. The maximum Gasteiger partial charge on any atom is 0.115 e. The molecule has 0 saturated carbocycles. The van der Waals surface area contributed by atoms with Gasteiger partial charge in [0.1, 0.15) is 5.75 Å². The second kappa shape index (κ2) is 8.95. The molecule has 0 bridgehead atoms. The van der Waals surface area contributed by atoms with Gasteiger partial charge in [0.25, 0.3) is 0 Å². The van der Waals surface area contributed by atoms with E-state index < -0.39 is 6.10 Å². The lowest BCUT2D eigenvalue weighted by Gasteiger charge is -2.12. The third-order valence-electron chi connectivity index (χ3n) is 3.07. The number of aliphatic hydroxyl groups is 1. The predicted molar refractivity (Wildman–Crippen MR) is 74.7 cm³/mol. The van der Waals surface area contributed by atoms with Gasteiger partial charge in [-0.05, 0) is 30.7 Å². The molecular weight excluding hydrogens is 226 g/mol. The molecular formula is C15H25NO2. The van der Waals surface area contributed by atoms with E-state index in [1.807, 2.05) is 0 Å². The molecule has 0 saturated heterocycles. The van der Waals surface area contributed by atoms with E-state index in [4.69, 9.17) is 5.11 Å². The van der Waals surface area contributed by atoms with Crippen LogP contribution in [0.2, 0.25) is 0 Å². The van der Waals surface area contributed by atoms with E-state index in [1.54, 1.807) is 24.3 Å². The van der Waals surface area contributed by atoms with Crippen LogP contribution >= 0.6 is 0 Å². The summed E-state index contributed by atoms with van der Waals surface area (Å²) in [4.78, 5) is 0. The summed E-state index contributed by atoms with van der Waals surface area (Å²) in [6.07, 6.45) is 5.82. The molecule has 1 rings (SSSR count). The van der Waals surface area contributed by atoms with Crippen molar-refractivity contribution in [3.8, 4) is 5.75 Å². The van der Waals surface area contributed by atoms with Crippen LogP contribution < -0.4 is 5.32 Å². The number of aromatic hydroxyl groups is 1. The van der Waals surface area contributed by atoms with E-state index >= 15 is 0 Å². The average molecular weight is 251 g/mol. The highest BCUT2D eigenvalue weighted by Gasteiger charge is 2.06. The highest BCUT2D eigenvalue weighted by Crippen LogP contribution is 2.15. The molecule has 0 spiro atoms. The van der Waals surface area contributed by atoms with Gasteiger partial charge in [-0.3, -0.25) is 0 Å². The Morgan fingerprint density at radius 3 is 2.39 bits per heavy atom. The summed E-state index contributed by atoms with van der Waals surface area (Å²) in [6.45, 7) is 3.74. The molecule has 0 aliphatic carbocycles. The van der Waals surface area contributed by atoms with Crippen LogP contribution in [0.1, 0.15) is 50.7 Å². The Balaban J connectivity index is 2.10. The number of aliphatic hydroxyl groups excluding tert-OH is 1. The van der Waals surface area contributed by atoms with Gasteiger partial charge in [0.15, 0.2) is 0 Å². The fourth-order valence-electron chi connectivity index (χ4n) is 1.91. The van der Waals surface area contributed by atoms with Crippen molar-refractivity contribution >= 4 is 0 Å². The smallest absolute Gasteiger partial charge is 0.115 e. The largest absolute Gasteiger partial charge is 0.508 e. The third-order valence-corrected chi connectivity index (χ3v) is 3.07. The van der Waals surface area contributed by atoms with Crippen molar-refractivity contribution in [3.63, 3.8) is 0 Å². The van der Waals surface area contributed by atoms with Crippen molar-refractivity contribution in [2.45, 2.75) is 45.1 Å². The second-order valence-electron chi connectivity index (χ2n) is 4.73. The van der Waals surface area contributed by atoms with E-state index in [0.717, 1.165) is 12.1 Å². The van der Waals surface area contributed by atoms with Crippen LogP contribution in [0.25, 0.3) is 0 Å². The summed E-state index contributed by atoms with van der Waals surface area (Å²) >= 11 is 0. The zero-order chi connectivity index (χ0) is 13.2. The fraction of sp³-hybridized carbons (Fsp3) is 0.600. The van der Waals surface area contributed by atoms with Crippen molar-refractivity contribution in [2.24, 2.45) is 0 Å². The summed E-state index contributed by atoms with van der Waals surface area (Å²) in [5.41, 5.74) is 0.839. The molecule has 0 fully saturated rings. The summed E-state index contributed by atoms with van der Waals surface area (Å²) < 4.78 is 0. The average Bonchev–Trinajstić information content (AvgIpc) is 2.38. The SMILES string of the molecule is CCCCCCCNCC(O)c1ccc(O)cc1. The van der Waals surface area contributed by atoms with Crippen LogP contribution in [0.3, 0.4) is 0 Å². The van der Waals surface area contributed by atoms with Crippen LogP contribution in [0.15, 0.2) is 24.3 Å². The first-order valence-corrected chi connectivity index (χ1v) is 6.91. The Morgan fingerprint density at radius 1 is 1.06 bits per heavy atom. The molecule has 0 amide bonds. The lowest BCUT2D eigenvalue weighted by molar-refractivity contribution is 0.174. The molecule has 1 unspecified atom stereocenters. The third kappa shape index (κ3) is 6.03. The van der Waals surface area contributed by atoms with E-state index in [9.17, 15) is 5.11 Å². The molecule has 18 heavy (non-hydrogen) atoms. The Bertz CT molecular complexity index is 311. The van der Waals surface area contributed by atoms with Gasteiger partial charge in [-0.1, -0.05) is 44.7 Å². The fourth-order valence-corrected chi connectivity index (χ4v) is 1.91. The number of hydrogen-bond acceptors (Lipinski definition) is 3. The maximum atomic E-state index is 9.91. The molecule has 1 aromatic rings. The minimum atomic E-state index is -0.499.